The van der Waals surface area contributed by atoms with Gasteiger partial charge in [0.15, 0.2) is 0 Å². The molecule has 0 bridgehead atoms. The lowest BCUT2D eigenvalue weighted by atomic mass is 9.97. The zero-order valence-electron chi connectivity index (χ0n) is 11.6. The van der Waals surface area contributed by atoms with Crippen LogP contribution in [0.4, 0.5) is 0 Å². The number of piperidine rings is 1. The summed E-state index contributed by atoms with van der Waals surface area (Å²) in [6, 6.07) is 0. The van der Waals surface area contributed by atoms with Crippen LogP contribution in [0.15, 0.2) is 12.5 Å². The predicted octanol–water partition coefficient (Wildman–Crippen LogP) is 0.370. The first kappa shape index (κ1) is 13.5. The van der Waals surface area contributed by atoms with Crippen molar-refractivity contribution in [2.75, 3.05) is 13.1 Å². The summed E-state index contributed by atoms with van der Waals surface area (Å²) in [6.07, 6.45) is 4.16. The molecule has 1 saturated heterocycles. The van der Waals surface area contributed by atoms with Crippen LogP contribution in [0.25, 0.3) is 5.78 Å². The third-order valence-electron chi connectivity index (χ3n) is 3.83. The Hall–Kier alpha value is -2.51. The molecule has 3 heterocycles. The van der Waals surface area contributed by atoms with Gasteiger partial charge in [0.05, 0.1) is 17.2 Å². The minimum Gasteiger partial charge on any atom is -0.481 e. The molecule has 1 fully saturated rings. The number of fused-ring (bicyclic) bond motifs is 1. The van der Waals surface area contributed by atoms with Gasteiger partial charge in [-0.15, -0.1) is 0 Å². The number of aromatic nitrogens is 4. The molecule has 0 unspecified atom stereocenters. The van der Waals surface area contributed by atoms with Gasteiger partial charge in [0.2, 0.25) is 0 Å². The molecule has 0 aliphatic carbocycles. The third-order valence-corrected chi connectivity index (χ3v) is 3.83. The highest BCUT2D eigenvalue weighted by Crippen LogP contribution is 2.20. The van der Waals surface area contributed by atoms with Crippen LogP contribution in [0.5, 0.6) is 0 Å². The molecule has 2 aromatic rings. The SMILES string of the molecule is Cc1c(C(=O)N2CCC[C@H](C(=O)O)C2)cnc2ncnn12. The number of carboxylic acids is 1. The first-order valence-electron chi connectivity index (χ1n) is 6.75. The van der Waals surface area contributed by atoms with E-state index in [1.165, 1.54) is 17.0 Å². The van der Waals surface area contributed by atoms with Gasteiger partial charge in [0.1, 0.15) is 6.33 Å². The lowest BCUT2D eigenvalue weighted by molar-refractivity contribution is -0.143. The summed E-state index contributed by atoms with van der Waals surface area (Å²) < 4.78 is 1.51. The number of likely N-dealkylation sites (tertiary alicyclic amines) is 1. The Morgan fingerprint density at radius 2 is 2.19 bits per heavy atom. The van der Waals surface area contributed by atoms with Crippen LogP contribution >= 0.6 is 0 Å². The number of nitrogens with zero attached hydrogens (tertiary/aromatic N) is 5. The Bertz CT molecular complexity index is 711. The largest absolute Gasteiger partial charge is 0.481 e. The summed E-state index contributed by atoms with van der Waals surface area (Å²) in [5.74, 6) is -1.12. The average molecular weight is 289 g/mol. The second-order valence-electron chi connectivity index (χ2n) is 5.16. The van der Waals surface area contributed by atoms with E-state index in [1.54, 1.807) is 11.8 Å². The van der Waals surface area contributed by atoms with Gasteiger partial charge in [0.25, 0.3) is 11.7 Å². The zero-order chi connectivity index (χ0) is 15.0. The molecule has 0 aromatic carbocycles. The summed E-state index contributed by atoms with van der Waals surface area (Å²) in [7, 11) is 0. The number of hydrogen-bond donors (Lipinski definition) is 1. The number of amides is 1. The summed E-state index contributed by atoms with van der Waals surface area (Å²) in [5.41, 5.74) is 1.08. The molecule has 2 aromatic heterocycles. The minimum absolute atomic E-state index is 0.205. The topological polar surface area (TPSA) is 101 Å². The number of carbonyl (C=O) groups excluding carboxylic acids is 1. The molecule has 1 aliphatic rings. The molecule has 1 atom stereocenters. The number of aryl methyl sites for hydroxylation is 1. The highest BCUT2D eigenvalue weighted by molar-refractivity contribution is 5.95. The van der Waals surface area contributed by atoms with Crippen LogP contribution in [-0.4, -0.2) is 54.6 Å². The van der Waals surface area contributed by atoms with Crippen molar-refractivity contribution < 1.29 is 14.7 Å². The van der Waals surface area contributed by atoms with Gasteiger partial charge in [-0.1, -0.05) is 0 Å². The second-order valence-corrected chi connectivity index (χ2v) is 5.16. The summed E-state index contributed by atoms with van der Waals surface area (Å²) in [5, 5.41) is 13.1. The smallest absolute Gasteiger partial charge is 0.308 e. The molecule has 0 saturated carbocycles. The van der Waals surface area contributed by atoms with E-state index in [-0.39, 0.29) is 12.5 Å². The van der Waals surface area contributed by atoms with Crippen molar-refractivity contribution in [3.05, 3.63) is 23.8 Å². The van der Waals surface area contributed by atoms with E-state index in [4.69, 9.17) is 5.11 Å². The Balaban J connectivity index is 1.89. The Kier molecular flexibility index (Phi) is 3.28. The zero-order valence-corrected chi connectivity index (χ0v) is 11.6. The maximum absolute atomic E-state index is 12.6. The van der Waals surface area contributed by atoms with E-state index in [1.807, 2.05) is 0 Å². The van der Waals surface area contributed by atoms with Gasteiger partial charge in [-0.05, 0) is 19.8 Å². The van der Waals surface area contributed by atoms with Crippen molar-refractivity contribution in [2.24, 2.45) is 5.92 Å². The number of aliphatic carboxylic acids is 1. The average Bonchev–Trinajstić information content (AvgIpc) is 2.96. The van der Waals surface area contributed by atoms with Crippen LogP contribution in [0.3, 0.4) is 0 Å². The van der Waals surface area contributed by atoms with Crippen molar-refractivity contribution in [2.45, 2.75) is 19.8 Å². The molecule has 1 N–H and O–H groups in total. The number of carbonyl (C=O) groups is 2. The fraction of sp³-hybridized carbons (Fsp3) is 0.462. The molecule has 1 amide bonds. The second kappa shape index (κ2) is 5.12. The van der Waals surface area contributed by atoms with Crippen molar-refractivity contribution in [3.63, 3.8) is 0 Å². The first-order chi connectivity index (χ1) is 10.1. The first-order valence-corrected chi connectivity index (χ1v) is 6.75. The normalized spacial score (nSPS) is 18.9. The van der Waals surface area contributed by atoms with E-state index in [2.05, 4.69) is 15.1 Å². The Morgan fingerprint density at radius 3 is 2.95 bits per heavy atom. The van der Waals surface area contributed by atoms with E-state index < -0.39 is 11.9 Å². The fourth-order valence-electron chi connectivity index (χ4n) is 2.63. The lowest BCUT2D eigenvalue weighted by Crippen LogP contribution is -2.42. The van der Waals surface area contributed by atoms with Crippen LogP contribution in [-0.2, 0) is 4.79 Å². The molecule has 21 heavy (non-hydrogen) atoms. The maximum atomic E-state index is 12.6. The highest BCUT2D eigenvalue weighted by atomic mass is 16.4. The maximum Gasteiger partial charge on any atom is 0.308 e. The summed E-state index contributed by atoms with van der Waals surface area (Å²) in [4.78, 5) is 33.3. The molecule has 8 nitrogen and oxygen atoms in total. The van der Waals surface area contributed by atoms with E-state index in [9.17, 15) is 9.59 Å². The quantitative estimate of drug-likeness (QED) is 0.857. The Labute approximate surface area is 120 Å². The standard InChI is InChI=1S/C13H15N5O3/c1-8-10(5-14-13-15-7-16-18(8)13)11(19)17-4-2-3-9(6-17)12(20)21/h5,7,9H,2-4,6H2,1H3,(H,20,21)/t9-/m0/s1. The third kappa shape index (κ3) is 2.32. The van der Waals surface area contributed by atoms with Gasteiger partial charge in [-0.2, -0.15) is 10.1 Å². The van der Waals surface area contributed by atoms with Crippen molar-refractivity contribution >= 4 is 17.7 Å². The Morgan fingerprint density at radius 1 is 1.38 bits per heavy atom. The monoisotopic (exact) mass is 289 g/mol. The molecule has 3 rings (SSSR count). The molecule has 0 radical (unpaired) electrons. The van der Waals surface area contributed by atoms with Crippen molar-refractivity contribution in [1.29, 1.82) is 0 Å². The molecule has 110 valence electrons. The van der Waals surface area contributed by atoms with E-state index >= 15 is 0 Å². The van der Waals surface area contributed by atoms with Crippen LogP contribution in [0.1, 0.15) is 28.9 Å². The van der Waals surface area contributed by atoms with Gasteiger partial charge < -0.3 is 10.0 Å². The molecular weight excluding hydrogens is 274 g/mol. The van der Waals surface area contributed by atoms with Crippen molar-refractivity contribution in [3.8, 4) is 0 Å². The minimum atomic E-state index is -0.853. The molecular formula is C13H15N5O3. The molecule has 1 aliphatic heterocycles. The van der Waals surface area contributed by atoms with Gasteiger partial charge >= 0.3 is 5.97 Å². The summed E-state index contributed by atoms with van der Waals surface area (Å²) >= 11 is 0. The van der Waals surface area contributed by atoms with Crippen LogP contribution in [0.2, 0.25) is 0 Å². The van der Waals surface area contributed by atoms with Gasteiger partial charge in [0, 0.05) is 19.3 Å². The van der Waals surface area contributed by atoms with Crippen LogP contribution < -0.4 is 0 Å². The fourth-order valence-corrected chi connectivity index (χ4v) is 2.63. The lowest BCUT2D eigenvalue weighted by Gasteiger charge is -2.31. The molecule has 8 heteroatoms. The number of rotatable bonds is 2. The number of carboxylic acid groups (broad SMARTS) is 1. The predicted molar refractivity (Wildman–Crippen MR) is 71.8 cm³/mol. The van der Waals surface area contributed by atoms with Crippen molar-refractivity contribution in [1.82, 2.24) is 24.5 Å². The van der Waals surface area contributed by atoms with Gasteiger partial charge in [-0.3, -0.25) is 9.59 Å². The van der Waals surface area contributed by atoms with Crippen LogP contribution in [0, 0.1) is 12.8 Å². The molecule has 0 spiro atoms. The highest BCUT2D eigenvalue weighted by Gasteiger charge is 2.29. The van der Waals surface area contributed by atoms with E-state index in [0.29, 0.717) is 36.4 Å². The summed E-state index contributed by atoms with van der Waals surface area (Å²) in [6.45, 7) is 2.58. The van der Waals surface area contributed by atoms with E-state index in [0.717, 1.165) is 0 Å². The number of hydrogen-bond acceptors (Lipinski definition) is 5. The van der Waals surface area contributed by atoms with Gasteiger partial charge in [-0.25, -0.2) is 9.50 Å².